The second-order valence-electron chi connectivity index (χ2n) is 4.62. The molecule has 0 amide bonds. The third-order valence-corrected chi connectivity index (χ3v) is 4.17. The fraction of sp³-hybridized carbons (Fsp3) is 0.286. The van der Waals surface area contributed by atoms with Crippen LogP contribution in [0.1, 0.15) is 16.1 Å². The molecule has 0 saturated carbocycles. The molecular weight excluding hydrogens is 260 g/mol. The number of esters is 1. The summed E-state index contributed by atoms with van der Waals surface area (Å²) in [7, 11) is 0. The van der Waals surface area contributed by atoms with Crippen LogP contribution in [0.15, 0.2) is 30.3 Å². The van der Waals surface area contributed by atoms with Crippen LogP contribution in [0.5, 0.6) is 0 Å². The summed E-state index contributed by atoms with van der Waals surface area (Å²) >= 11 is 1.47. The first kappa shape index (κ1) is 12.2. The SMILES string of the molecule is Nc1nc2c(s1)CC(C(=O)OCc1ccccc1)C2. The summed E-state index contributed by atoms with van der Waals surface area (Å²) in [5, 5.41) is 0.584. The van der Waals surface area contributed by atoms with Crippen LogP contribution in [0, 0.1) is 5.92 Å². The normalized spacial score (nSPS) is 17.2. The number of nitrogen functional groups attached to an aromatic ring is 1. The van der Waals surface area contributed by atoms with Crippen LogP contribution in [0.4, 0.5) is 5.13 Å². The summed E-state index contributed by atoms with van der Waals surface area (Å²) in [6, 6.07) is 9.70. The topological polar surface area (TPSA) is 65.2 Å². The summed E-state index contributed by atoms with van der Waals surface area (Å²) < 4.78 is 5.35. The van der Waals surface area contributed by atoms with E-state index in [-0.39, 0.29) is 11.9 Å². The van der Waals surface area contributed by atoms with E-state index >= 15 is 0 Å². The zero-order chi connectivity index (χ0) is 13.2. The van der Waals surface area contributed by atoms with Gasteiger partial charge in [0.2, 0.25) is 0 Å². The Morgan fingerprint density at radius 2 is 2.16 bits per heavy atom. The summed E-state index contributed by atoms with van der Waals surface area (Å²) in [5.74, 6) is -0.245. The molecule has 1 aliphatic carbocycles. The molecule has 1 aliphatic rings. The summed E-state index contributed by atoms with van der Waals surface area (Å²) in [5.41, 5.74) is 7.60. The minimum absolute atomic E-state index is 0.0990. The molecule has 5 heteroatoms. The van der Waals surface area contributed by atoms with Gasteiger partial charge in [-0.15, -0.1) is 11.3 Å². The largest absolute Gasteiger partial charge is 0.461 e. The maximum atomic E-state index is 12.0. The number of hydrogen-bond acceptors (Lipinski definition) is 5. The quantitative estimate of drug-likeness (QED) is 0.871. The lowest BCUT2D eigenvalue weighted by Gasteiger charge is -2.09. The van der Waals surface area contributed by atoms with Gasteiger partial charge in [-0.05, 0) is 12.0 Å². The molecule has 4 nitrogen and oxygen atoms in total. The molecule has 3 rings (SSSR count). The zero-order valence-corrected chi connectivity index (χ0v) is 11.2. The predicted octanol–water partition coefficient (Wildman–Crippen LogP) is 2.18. The molecule has 19 heavy (non-hydrogen) atoms. The molecule has 2 aromatic rings. The van der Waals surface area contributed by atoms with Gasteiger partial charge in [0.05, 0.1) is 11.6 Å². The fourth-order valence-corrected chi connectivity index (χ4v) is 3.20. The smallest absolute Gasteiger partial charge is 0.310 e. The molecular formula is C14H14N2O2S. The highest BCUT2D eigenvalue weighted by molar-refractivity contribution is 7.15. The van der Waals surface area contributed by atoms with Crippen molar-refractivity contribution >= 4 is 22.4 Å². The number of nitrogens with two attached hydrogens (primary N) is 1. The van der Waals surface area contributed by atoms with Crippen LogP contribution in [0.3, 0.4) is 0 Å². The van der Waals surface area contributed by atoms with Gasteiger partial charge in [-0.25, -0.2) is 4.98 Å². The highest BCUT2D eigenvalue weighted by Gasteiger charge is 2.31. The van der Waals surface area contributed by atoms with Crippen molar-refractivity contribution < 1.29 is 9.53 Å². The van der Waals surface area contributed by atoms with Crippen molar-refractivity contribution in [2.45, 2.75) is 19.4 Å². The van der Waals surface area contributed by atoms with Crippen molar-refractivity contribution in [3.05, 3.63) is 46.5 Å². The fourth-order valence-electron chi connectivity index (χ4n) is 2.26. The van der Waals surface area contributed by atoms with Gasteiger partial charge in [0, 0.05) is 11.3 Å². The van der Waals surface area contributed by atoms with E-state index in [4.69, 9.17) is 10.5 Å². The van der Waals surface area contributed by atoms with Gasteiger partial charge in [-0.1, -0.05) is 30.3 Å². The Labute approximate surface area is 115 Å². The average molecular weight is 274 g/mol. The Bertz CT molecular complexity index is 571. The van der Waals surface area contributed by atoms with E-state index in [9.17, 15) is 4.79 Å². The average Bonchev–Trinajstić information content (AvgIpc) is 2.94. The molecule has 1 heterocycles. The van der Waals surface area contributed by atoms with Crippen LogP contribution in [0.25, 0.3) is 0 Å². The number of benzene rings is 1. The number of aromatic nitrogens is 1. The van der Waals surface area contributed by atoms with Crippen molar-refractivity contribution in [2.75, 3.05) is 5.73 Å². The molecule has 0 bridgehead atoms. The van der Waals surface area contributed by atoms with Gasteiger partial charge < -0.3 is 10.5 Å². The van der Waals surface area contributed by atoms with Crippen LogP contribution in [-0.4, -0.2) is 11.0 Å². The van der Waals surface area contributed by atoms with E-state index in [1.54, 1.807) is 0 Å². The van der Waals surface area contributed by atoms with Crippen LogP contribution < -0.4 is 5.73 Å². The zero-order valence-electron chi connectivity index (χ0n) is 10.3. The Morgan fingerprint density at radius 1 is 1.37 bits per heavy atom. The van der Waals surface area contributed by atoms with Crippen LogP contribution in [0.2, 0.25) is 0 Å². The Kier molecular flexibility index (Phi) is 3.21. The maximum Gasteiger partial charge on any atom is 0.310 e. The lowest BCUT2D eigenvalue weighted by atomic mass is 10.1. The van der Waals surface area contributed by atoms with Crippen molar-refractivity contribution in [1.82, 2.24) is 4.98 Å². The maximum absolute atomic E-state index is 12.0. The van der Waals surface area contributed by atoms with Gasteiger partial charge in [0.1, 0.15) is 6.61 Å². The Balaban J connectivity index is 1.57. The number of carbonyl (C=O) groups excluding carboxylic acids is 1. The van der Waals surface area contributed by atoms with E-state index in [0.717, 1.165) is 16.1 Å². The van der Waals surface area contributed by atoms with Crippen molar-refractivity contribution in [1.29, 1.82) is 0 Å². The van der Waals surface area contributed by atoms with Gasteiger partial charge >= 0.3 is 5.97 Å². The molecule has 2 N–H and O–H groups in total. The molecule has 0 fully saturated rings. The number of anilines is 1. The summed E-state index contributed by atoms with van der Waals surface area (Å²) in [6.45, 7) is 0.333. The lowest BCUT2D eigenvalue weighted by molar-refractivity contribution is -0.149. The molecule has 1 unspecified atom stereocenters. The van der Waals surface area contributed by atoms with Gasteiger partial charge in [-0.3, -0.25) is 4.79 Å². The van der Waals surface area contributed by atoms with Gasteiger partial charge in [-0.2, -0.15) is 0 Å². The number of carbonyl (C=O) groups is 1. The molecule has 1 aromatic heterocycles. The molecule has 1 aromatic carbocycles. The molecule has 1 atom stereocenters. The van der Waals surface area contributed by atoms with Crippen LogP contribution in [-0.2, 0) is 29.0 Å². The van der Waals surface area contributed by atoms with E-state index in [2.05, 4.69) is 4.98 Å². The van der Waals surface area contributed by atoms with Crippen molar-refractivity contribution in [2.24, 2.45) is 5.92 Å². The Morgan fingerprint density at radius 3 is 2.89 bits per heavy atom. The first-order valence-electron chi connectivity index (χ1n) is 6.17. The monoisotopic (exact) mass is 274 g/mol. The lowest BCUT2D eigenvalue weighted by Crippen LogP contribution is -2.18. The number of ether oxygens (including phenoxy) is 1. The molecule has 0 aliphatic heterocycles. The first-order chi connectivity index (χ1) is 9.22. The van der Waals surface area contributed by atoms with E-state index in [0.29, 0.717) is 24.6 Å². The third-order valence-electron chi connectivity index (χ3n) is 3.22. The van der Waals surface area contributed by atoms with E-state index < -0.39 is 0 Å². The highest BCUT2D eigenvalue weighted by atomic mass is 32.1. The second-order valence-corrected chi connectivity index (χ2v) is 5.74. The van der Waals surface area contributed by atoms with Crippen molar-refractivity contribution in [3.8, 4) is 0 Å². The second kappa shape index (κ2) is 5.01. The van der Waals surface area contributed by atoms with Gasteiger partial charge in [0.25, 0.3) is 0 Å². The minimum Gasteiger partial charge on any atom is -0.461 e. The number of rotatable bonds is 3. The number of nitrogens with zero attached hydrogens (tertiary/aromatic N) is 1. The number of hydrogen-bond donors (Lipinski definition) is 1. The summed E-state index contributed by atoms with van der Waals surface area (Å²) in [6.07, 6.45) is 1.36. The Hall–Kier alpha value is -1.88. The van der Waals surface area contributed by atoms with Crippen molar-refractivity contribution in [3.63, 3.8) is 0 Å². The van der Waals surface area contributed by atoms with E-state index in [1.807, 2.05) is 30.3 Å². The molecule has 0 spiro atoms. The van der Waals surface area contributed by atoms with Crippen LogP contribution >= 0.6 is 11.3 Å². The molecule has 98 valence electrons. The summed E-state index contributed by atoms with van der Waals surface area (Å²) in [4.78, 5) is 17.3. The van der Waals surface area contributed by atoms with Gasteiger partial charge in [0.15, 0.2) is 5.13 Å². The number of fused-ring (bicyclic) bond motifs is 1. The first-order valence-corrected chi connectivity index (χ1v) is 6.98. The minimum atomic E-state index is -0.146. The predicted molar refractivity (Wildman–Crippen MR) is 73.7 cm³/mol. The third kappa shape index (κ3) is 2.61. The standard InChI is InChI=1S/C14H14N2O2S/c15-14-16-11-6-10(7-12(11)19-14)13(17)18-8-9-4-2-1-3-5-9/h1-5,10H,6-8H2,(H2,15,16). The molecule has 0 saturated heterocycles. The highest BCUT2D eigenvalue weighted by Crippen LogP contribution is 2.33. The van der Waals surface area contributed by atoms with E-state index in [1.165, 1.54) is 11.3 Å². The number of thiazole rings is 1. The molecule has 0 radical (unpaired) electrons.